The van der Waals surface area contributed by atoms with E-state index >= 15 is 0 Å². The molecule has 3 nitrogen and oxygen atoms in total. The van der Waals surface area contributed by atoms with Crippen LogP contribution in [-0.4, -0.2) is 6.61 Å². The Morgan fingerprint density at radius 1 is 1.13 bits per heavy atom. The molecule has 0 aliphatic carbocycles. The molecule has 1 aliphatic heterocycles. The van der Waals surface area contributed by atoms with Gasteiger partial charge in [0.1, 0.15) is 11.5 Å². The number of rotatable bonds is 4. The predicted octanol–water partition coefficient (Wildman–Crippen LogP) is 5.23. The lowest BCUT2D eigenvalue weighted by Crippen LogP contribution is -2.16. The second kappa shape index (κ2) is 6.52. The van der Waals surface area contributed by atoms with Crippen molar-refractivity contribution in [3.8, 4) is 5.75 Å². The molecule has 0 N–H and O–H groups in total. The van der Waals surface area contributed by atoms with Crippen molar-refractivity contribution in [2.45, 2.75) is 20.3 Å². The number of ether oxygens (including phenoxy) is 1. The summed E-state index contributed by atoms with van der Waals surface area (Å²) >= 11 is 6.04. The van der Waals surface area contributed by atoms with Gasteiger partial charge in [-0.2, -0.15) is 0 Å². The van der Waals surface area contributed by atoms with Gasteiger partial charge < -0.3 is 9.26 Å². The van der Waals surface area contributed by atoms with Crippen molar-refractivity contribution in [3.63, 3.8) is 0 Å². The van der Waals surface area contributed by atoms with E-state index in [0.717, 1.165) is 12.0 Å². The summed E-state index contributed by atoms with van der Waals surface area (Å²) in [7, 11) is -3.14. The van der Waals surface area contributed by atoms with Gasteiger partial charge in [0, 0.05) is 16.4 Å². The Morgan fingerprint density at radius 3 is 2.52 bits per heavy atom. The topological polar surface area (TPSA) is 35.5 Å². The second-order valence-corrected chi connectivity index (χ2v) is 7.90. The fourth-order valence-electron chi connectivity index (χ4n) is 2.53. The molecule has 0 bridgehead atoms. The highest BCUT2D eigenvalue weighted by molar-refractivity contribution is 7.70. The molecular weight excluding hydrogens is 331 g/mol. The van der Waals surface area contributed by atoms with Crippen molar-refractivity contribution in [3.05, 3.63) is 64.4 Å². The number of halogens is 1. The zero-order valence-corrected chi connectivity index (χ0v) is 14.7. The van der Waals surface area contributed by atoms with Gasteiger partial charge in [-0.05, 0) is 37.1 Å². The quantitative estimate of drug-likeness (QED) is 0.709. The third kappa shape index (κ3) is 3.23. The smallest absolute Gasteiger partial charge is 0.261 e. The van der Waals surface area contributed by atoms with Crippen LogP contribution in [0.25, 0.3) is 5.76 Å². The van der Waals surface area contributed by atoms with Gasteiger partial charge in [-0.25, -0.2) is 0 Å². The molecule has 2 aromatic carbocycles. The predicted molar refractivity (Wildman–Crippen MR) is 94.7 cm³/mol. The second-order valence-electron chi connectivity index (χ2n) is 5.27. The van der Waals surface area contributed by atoms with Crippen molar-refractivity contribution < 1.29 is 13.8 Å². The van der Waals surface area contributed by atoms with Crippen LogP contribution in [0.4, 0.5) is 0 Å². The molecule has 1 aliphatic rings. The number of benzene rings is 2. The zero-order chi connectivity index (χ0) is 16.4. The molecule has 0 amide bonds. The highest BCUT2D eigenvalue weighted by Gasteiger charge is 2.33. The maximum Gasteiger partial charge on any atom is 0.261 e. The van der Waals surface area contributed by atoms with Crippen molar-refractivity contribution in [1.82, 2.24) is 0 Å². The van der Waals surface area contributed by atoms with Crippen LogP contribution in [0.1, 0.15) is 25.0 Å². The molecule has 120 valence electrons. The summed E-state index contributed by atoms with van der Waals surface area (Å²) in [5.74, 6) is 2.68. The Kier molecular flexibility index (Phi) is 4.63. The van der Waals surface area contributed by atoms with Gasteiger partial charge in [-0.15, -0.1) is 0 Å². The van der Waals surface area contributed by atoms with E-state index in [-0.39, 0.29) is 0 Å². The average molecular weight is 349 g/mol. The Bertz CT molecular complexity index is 796. The molecule has 0 radical (unpaired) electrons. The molecular formula is C18H18ClO3P. The summed E-state index contributed by atoms with van der Waals surface area (Å²) in [6.07, 6.45) is 0.971. The summed E-state index contributed by atoms with van der Waals surface area (Å²) in [4.78, 5) is 0. The number of aryl methyl sites for hydroxylation is 1. The fraction of sp³-hybridized carbons (Fsp3) is 0.222. The first-order valence-corrected chi connectivity index (χ1v) is 9.67. The monoisotopic (exact) mass is 348 g/mol. The van der Waals surface area contributed by atoms with E-state index in [1.165, 1.54) is 5.56 Å². The summed E-state index contributed by atoms with van der Waals surface area (Å²) in [6, 6.07) is 13.1. The molecule has 3 rings (SSSR count). The van der Waals surface area contributed by atoms with Gasteiger partial charge in [0.2, 0.25) is 0 Å². The van der Waals surface area contributed by atoms with Crippen LogP contribution in [0.3, 0.4) is 0 Å². The van der Waals surface area contributed by atoms with Crippen LogP contribution in [0, 0.1) is 0 Å². The molecule has 1 atom stereocenters. The van der Waals surface area contributed by atoms with Crippen LogP contribution in [0.2, 0.25) is 5.02 Å². The van der Waals surface area contributed by atoms with E-state index in [1.54, 1.807) is 24.0 Å². The first-order valence-electron chi connectivity index (χ1n) is 7.60. The van der Waals surface area contributed by atoms with Crippen LogP contribution in [0.5, 0.6) is 5.75 Å². The van der Waals surface area contributed by atoms with Crippen LogP contribution in [-0.2, 0) is 15.5 Å². The van der Waals surface area contributed by atoms with Crippen LogP contribution < -0.4 is 10.0 Å². The van der Waals surface area contributed by atoms with E-state index in [9.17, 15) is 4.57 Å². The van der Waals surface area contributed by atoms with Crippen molar-refractivity contribution in [1.29, 1.82) is 0 Å². The van der Waals surface area contributed by atoms with Gasteiger partial charge >= 0.3 is 0 Å². The summed E-state index contributed by atoms with van der Waals surface area (Å²) in [5, 5.41) is 1.03. The molecule has 23 heavy (non-hydrogen) atoms. The Morgan fingerprint density at radius 2 is 1.87 bits per heavy atom. The number of fused-ring (bicyclic) bond motifs is 1. The molecule has 0 aromatic heterocycles. The fourth-order valence-corrected chi connectivity index (χ4v) is 4.77. The lowest BCUT2D eigenvalue weighted by molar-refractivity contribution is 0.345. The summed E-state index contributed by atoms with van der Waals surface area (Å²) < 4.78 is 24.8. The lowest BCUT2D eigenvalue weighted by Gasteiger charge is -2.25. The Labute approximate surface area is 141 Å². The third-order valence-corrected chi connectivity index (χ3v) is 6.20. The third-order valence-electron chi connectivity index (χ3n) is 3.73. The first kappa shape index (κ1) is 16.3. The number of hydrogen-bond acceptors (Lipinski definition) is 3. The summed E-state index contributed by atoms with van der Waals surface area (Å²) in [6.45, 7) is 4.28. The minimum atomic E-state index is -3.14. The number of hydrogen-bond donors (Lipinski definition) is 0. The standard InChI is InChI=1S/C18H18ClO3P/c1-3-13-5-7-14(8-6-13)17-12-23(20,21-4-2)18-11-15(19)9-10-16(18)22-17/h5-12H,3-4H2,1-2H3. The molecule has 1 unspecified atom stereocenters. The van der Waals surface area contributed by atoms with E-state index in [0.29, 0.717) is 28.4 Å². The average Bonchev–Trinajstić information content (AvgIpc) is 2.56. The highest BCUT2D eigenvalue weighted by Crippen LogP contribution is 2.54. The summed E-state index contributed by atoms with van der Waals surface area (Å²) in [5.41, 5.74) is 2.12. The van der Waals surface area contributed by atoms with E-state index in [2.05, 4.69) is 6.92 Å². The first-order chi connectivity index (χ1) is 11.1. The Hall–Kier alpha value is -1.54. The maximum absolute atomic E-state index is 13.3. The molecule has 2 aromatic rings. The zero-order valence-electron chi connectivity index (χ0n) is 13.1. The highest BCUT2D eigenvalue weighted by atomic mass is 35.5. The largest absolute Gasteiger partial charge is 0.456 e. The minimum Gasteiger partial charge on any atom is -0.456 e. The van der Waals surface area contributed by atoms with Gasteiger partial charge in [0.05, 0.1) is 11.9 Å². The van der Waals surface area contributed by atoms with Crippen molar-refractivity contribution >= 4 is 30.0 Å². The molecule has 0 saturated heterocycles. The van der Waals surface area contributed by atoms with E-state index in [1.807, 2.05) is 31.2 Å². The lowest BCUT2D eigenvalue weighted by atomic mass is 10.1. The van der Waals surface area contributed by atoms with Crippen LogP contribution in [0.15, 0.2) is 48.3 Å². The van der Waals surface area contributed by atoms with Gasteiger partial charge in [0.15, 0.2) is 0 Å². The van der Waals surface area contributed by atoms with Crippen molar-refractivity contribution in [2.75, 3.05) is 6.61 Å². The molecule has 1 heterocycles. The van der Waals surface area contributed by atoms with Crippen molar-refractivity contribution in [2.24, 2.45) is 0 Å². The molecule has 0 spiro atoms. The minimum absolute atomic E-state index is 0.349. The normalized spacial score (nSPS) is 19.7. The molecule has 0 saturated carbocycles. The SMILES string of the molecule is CCOP1(=O)C=C(c2ccc(CC)cc2)Oc2ccc(Cl)cc21. The van der Waals surface area contributed by atoms with Crippen LogP contribution >= 0.6 is 19.0 Å². The Balaban J connectivity index is 2.08. The maximum atomic E-state index is 13.3. The molecule has 0 fully saturated rings. The van der Waals surface area contributed by atoms with E-state index < -0.39 is 7.37 Å². The van der Waals surface area contributed by atoms with Gasteiger partial charge in [0.25, 0.3) is 7.37 Å². The van der Waals surface area contributed by atoms with Gasteiger partial charge in [-0.3, -0.25) is 4.57 Å². The van der Waals surface area contributed by atoms with E-state index in [4.69, 9.17) is 20.9 Å². The van der Waals surface area contributed by atoms with Gasteiger partial charge in [-0.1, -0.05) is 42.8 Å². The molecule has 5 heteroatoms.